The molecular formula is C15H13N3O3S. The second kappa shape index (κ2) is 5.69. The molecule has 3 rings (SSSR count). The summed E-state index contributed by atoms with van der Waals surface area (Å²) in [6.07, 6.45) is 1.59. The van der Waals surface area contributed by atoms with E-state index in [2.05, 4.69) is 11.6 Å². The molecule has 22 heavy (non-hydrogen) atoms. The van der Waals surface area contributed by atoms with Crippen molar-refractivity contribution in [2.24, 2.45) is 5.73 Å². The number of furan rings is 1. The molecule has 0 radical (unpaired) electrons. The lowest BCUT2D eigenvalue weighted by Gasteiger charge is -2.08. The highest BCUT2D eigenvalue weighted by molar-refractivity contribution is 7.99. The van der Waals surface area contributed by atoms with Crippen LogP contribution in [0.3, 0.4) is 0 Å². The van der Waals surface area contributed by atoms with Crippen molar-refractivity contribution >= 4 is 39.7 Å². The average Bonchev–Trinajstić information content (AvgIpc) is 2.87. The molecule has 0 aliphatic carbocycles. The monoisotopic (exact) mass is 315 g/mol. The van der Waals surface area contributed by atoms with Crippen molar-refractivity contribution in [3.05, 3.63) is 47.3 Å². The Morgan fingerprint density at radius 3 is 2.95 bits per heavy atom. The highest BCUT2D eigenvalue weighted by atomic mass is 32.2. The van der Waals surface area contributed by atoms with Crippen LogP contribution in [0.4, 0.5) is 0 Å². The molecule has 2 heterocycles. The van der Waals surface area contributed by atoms with Gasteiger partial charge in [0.25, 0.3) is 5.56 Å². The van der Waals surface area contributed by atoms with Gasteiger partial charge in [0.1, 0.15) is 11.1 Å². The number of amides is 1. The third-order valence-electron chi connectivity index (χ3n) is 3.10. The highest BCUT2D eigenvalue weighted by Crippen LogP contribution is 2.27. The molecule has 0 aliphatic heterocycles. The van der Waals surface area contributed by atoms with E-state index in [1.54, 1.807) is 12.1 Å². The van der Waals surface area contributed by atoms with Crippen LogP contribution in [0.1, 0.15) is 0 Å². The lowest BCUT2D eigenvalue weighted by Crippen LogP contribution is -2.23. The Morgan fingerprint density at radius 2 is 2.23 bits per heavy atom. The average molecular weight is 315 g/mol. The number of nitrogens with two attached hydrogens (primary N) is 1. The van der Waals surface area contributed by atoms with Crippen LogP contribution in [-0.4, -0.2) is 21.2 Å². The molecule has 112 valence electrons. The lowest BCUT2D eigenvalue weighted by molar-refractivity contribution is -0.115. The minimum Gasteiger partial charge on any atom is -0.448 e. The van der Waals surface area contributed by atoms with Crippen molar-refractivity contribution in [3.63, 3.8) is 0 Å². The largest absolute Gasteiger partial charge is 0.448 e. The molecule has 6 nitrogen and oxygen atoms in total. The molecule has 0 unspecified atom stereocenters. The maximum absolute atomic E-state index is 12.6. The zero-order valence-electron chi connectivity index (χ0n) is 11.6. The van der Waals surface area contributed by atoms with Crippen LogP contribution in [0.5, 0.6) is 0 Å². The van der Waals surface area contributed by atoms with Crippen LogP contribution in [-0.2, 0) is 11.3 Å². The molecule has 0 atom stereocenters. The van der Waals surface area contributed by atoms with Crippen molar-refractivity contribution < 1.29 is 9.21 Å². The smallest absolute Gasteiger partial charge is 0.298 e. The lowest BCUT2D eigenvalue weighted by atomic mass is 10.2. The number of para-hydroxylation sites is 1. The molecule has 1 aromatic carbocycles. The zero-order chi connectivity index (χ0) is 15.7. The fourth-order valence-electron chi connectivity index (χ4n) is 2.19. The van der Waals surface area contributed by atoms with E-state index in [9.17, 15) is 9.59 Å². The summed E-state index contributed by atoms with van der Waals surface area (Å²) in [5, 5.41) is 1.18. The maximum atomic E-state index is 12.6. The molecule has 0 fully saturated rings. The van der Waals surface area contributed by atoms with Gasteiger partial charge in [-0.2, -0.15) is 0 Å². The number of benzene rings is 1. The number of primary amides is 1. The summed E-state index contributed by atoms with van der Waals surface area (Å²) in [6, 6.07) is 7.30. The number of carbonyl (C=O) groups excluding carboxylic acids is 1. The summed E-state index contributed by atoms with van der Waals surface area (Å²) in [5.74, 6) is -0.424. The van der Waals surface area contributed by atoms with E-state index in [-0.39, 0.29) is 23.4 Å². The van der Waals surface area contributed by atoms with Gasteiger partial charge in [-0.05, 0) is 12.1 Å². The van der Waals surface area contributed by atoms with E-state index in [0.29, 0.717) is 16.3 Å². The summed E-state index contributed by atoms with van der Waals surface area (Å²) in [7, 11) is 0. The number of thioether (sulfide) groups is 1. The van der Waals surface area contributed by atoms with Gasteiger partial charge in [-0.3, -0.25) is 14.2 Å². The predicted octanol–water partition coefficient (Wildman–Crippen LogP) is 1.91. The standard InChI is InChI=1S/C15H13N3O3S/c1-2-7-18-14(20)13-12(17-15(18)22-8-11(16)19)9-5-3-4-6-10(9)21-13/h2-6H,1,7-8H2,(H2,16,19). The van der Waals surface area contributed by atoms with Gasteiger partial charge in [0, 0.05) is 11.9 Å². The van der Waals surface area contributed by atoms with Gasteiger partial charge < -0.3 is 10.2 Å². The molecular weight excluding hydrogens is 302 g/mol. The number of hydrogen-bond donors (Lipinski definition) is 1. The fourth-order valence-corrected chi connectivity index (χ4v) is 2.93. The summed E-state index contributed by atoms with van der Waals surface area (Å²) in [5.41, 5.74) is 6.17. The van der Waals surface area contributed by atoms with E-state index < -0.39 is 5.91 Å². The Balaban J connectivity index is 2.29. The Morgan fingerprint density at radius 1 is 1.45 bits per heavy atom. The van der Waals surface area contributed by atoms with Crippen molar-refractivity contribution in [2.45, 2.75) is 11.7 Å². The summed E-state index contributed by atoms with van der Waals surface area (Å²) in [4.78, 5) is 28.1. The molecule has 0 saturated heterocycles. The fraction of sp³-hybridized carbons (Fsp3) is 0.133. The molecule has 7 heteroatoms. The second-order valence-corrected chi connectivity index (χ2v) is 5.57. The quantitative estimate of drug-likeness (QED) is 0.441. The molecule has 1 amide bonds. The summed E-state index contributed by atoms with van der Waals surface area (Å²) in [6.45, 7) is 3.91. The normalized spacial score (nSPS) is 11.1. The van der Waals surface area contributed by atoms with Crippen LogP contribution in [0.2, 0.25) is 0 Å². The number of nitrogens with zero attached hydrogens (tertiary/aromatic N) is 2. The van der Waals surface area contributed by atoms with Crippen molar-refractivity contribution in [3.8, 4) is 0 Å². The number of fused-ring (bicyclic) bond motifs is 3. The van der Waals surface area contributed by atoms with Gasteiger partial charge in [0.2, 0.25) is 11.5 Å². The molecule has 3 aromatic rings. The van der Waals surface area contributed by atoms with E-state index in [1.807, 2.05) is 18.2 Å². The Hall–Kier alpha value is -2.54. The first-order valence-corrected chi connectivity index (χ1v) is 7.54. The van der Waals surface area contributed by atoms with Crippen molar-refractivity contribution in [1.82, 2.24) is 9.55 Å². The number of carbonyl (C=O) groups is 1. The number of hydrogen-bond acceptors (Lipinski definition) is 5. The number of allylic oxidation sites excluding steroid dienone is 1. The van der Waals surface area contributed by atoms with Gasteiger partial charge in [-0.25, -0.2) is 4.98 Å². The van der Waals surface area contributed by atoms with Crippen molar-refractivity contribution in [1.29, 1.82) is 0 Å². The van der Waals surface area contributed by atoms with E-state index in [4.69, 9.17) is 10.2 Å². The van der Waals surface area contributed by atoms with Crippen LogP contribution >= 0.6 is 11.8 Å². The predicted molar refractivity (Wildman–Crippen MR) is 85.9 cm³/mol. The number of aromatic nitrogens is 2. The third kappa shape index (κ3) is 2.39. The maximum Gasteiger partial charge on any atom is 0.298 e. The van der Waals surface area contributed by atoms with E-state index in [0.717, 1.165) is 17.1 Å². The summed E-state index contributed by atoms with van der Waals surface area (Å²) >= 11 is 1.12. The van der Waals surface area contributed by atoms with Crippen LogP contribution in [0.25, 0.3) is 22.1 Å². The highest BCUT2D eigenvalue weighted by Gasteiger charge is 2.17. The molecule has 0 saturated carbocycles. The van der Waals surface area contributed by atoms with Crippen LogP contribution in [0.15, 0.2) is 51.3 Å². The molecule has 2 N–H and O–H groups in total. The first-order valence-electron chi connectivity index (χ1n) is 6.56. The number of rotatable bonds is 5. The molecule has 0 bridgehead atoms. The van der Waals surface area contributed by atoms with Gasteiger partial charge in [0.15, 0.2) is 5.16 Å². The second-order valence-electron chi connectivity index (χ2n) is 4.63. The minimum absolute atomic E-state index is 0.0465. The summed E-state index contributed by atoms with van der Waals surface area (Å²) < 4.78 is 7.04. The van der Waals surface area contributed by atoms with Gasteiger partial charge in [-0.1, -0.05) is 30.0 Å². The van der Waals surface area contributed by atoms with E-state index in [1.165, 1.54) is 4.57 Å². The Bertz CT molecular complexity index is 942. The van der Waals surface area contributed by atoms with Crippen LogP contribution < -0.4 is 11.3 Å². The third-order valence-corrected chi connectivity index (χ3v) is 4.10. The SMILES string of the molecule is C=CCn1c(SCC(N)=O)nc2c(oc3ccccc32)c1=O. The van der Waals surface area contributed by atoms with E-state index >= 15 is 0 Å². The van der Waals surface area contributed by atoms with Crippen LogP contribution in [0, 0.1) is 0 Å². The van der Waals surface area contributed by atoms with Gasteiger partial charge >= 0.3 is 0 Å². The first kappa shape index (κ1) is 14.4. The molecule has 2 aromatic heterocycles. The van der Waals surface area contributed by atoms with Gasteiger partial charge in [0.05, 0.1) is 5.75 Å². The Kier molecular flexibility index (Phi) is 3.72. The first-order chi connectivity index (χ1) is 10.6. The molecule has 0 aliphatic rings. The molecule has 0 spiro atoms. The Labute approximate surface area is 129 Å². The minimum atomic E-state index is -0.471. The zero-order valence-corrected chi connectivity index (χ0v) is 12.4. The van der Waals surface area contributed by atoms with Crippen molar-refractivity contribution in [2.75, 3.05) is 5.75 Å². The van der Waals surface area contributed by atoms with Gasteiger partial charge in [-0.15, -0.1) is 6.58 Å². The topological polar surface area (TPSA) is 91.1 Å².